The quantitative estimate of drug-likeness (QED) is 0.755. The second kappa shape index (κ2) is 7.34. The summed E-state index contributed by atoms with van der Waals surface area (Å²) in [5.41, 5.74) is 2.13. The van der Waals surface area contributed by atoms with Crippen LogP contribution >= 0.6 is 0 Å². The second-order valence-corrected chi connectivity index (χ2v) is 6.35. The van der Waals surface area contributed by atoms with Gasteiger partial charge in [-0.2, -0.15) is 4.68 Å². The van der Waals surface area contributed by atoms with Crippen LogP contribution in [0, 0.1) is 6.92 Å². The number of carbonyl (C=O) groups excluding carboxylic acids is 1. The van der Waals surface area contributed by atoms with E-state index in [0.717, 1.165) is 11.4 Å². The fourth-order valence-corrected chi connectivity index (χ4v) is 2.39. The Kier molecular flexibility index (Phi) is 4.97. The topological polar surface area (TPSA) is 102 Å². The third-order valence-corrected chi connectivity index (χ3v) is 3.86. The normalized spacial score (nSPS) is 11.0. The highest BCUT2D eigenvalue weighted by Gasteiger charge is 2.14. The van der Waals surface area contributed by atoms with E-state index in [1.54, 1.807) is 11.7 Å². The molecule has 0 saturated heterocycles. The number of benzene rings is 1. The van der Waals surface area contributed by atoms with Crippen LogP contribution in [0.4, 0.5) is 10.5 Å². The van der Waals surface area contributed by atoms with Crippen LogP contribution in [0.1, 0.15) is 37.0 Å². The minimum atomic E-state index is -0.246. The summed E-state index contributed by atoms with van der Waals surface area (Å²) in [4.78, 5) is 14.0. The molecule has 1 N–H and O–H groups in total. The molecule has 0 aliphatic carbocycles. The Morgan fingerprint density at radius 2 is 2.15 bits per heavy atom. The maximum absolute atomic E-state index is 12.4. The predicted molar refractivity (Wildman–Crippen MR) is 95.0 cm³/mol. The fraction of sp³-hybridized carbons (Fsp3) is 0.353. The van der Waals surface area contributed by atoms with Crippen molar-refractivity contribution in [3.05, 3.63) is 47.6 Å². The van der Waals surface area contributed by atoms with Gasteiger partial charge in [0, 0.05) is 24.7 Å². The van der Waals surface area contributed by atoms with Crippen LogP contribution < -0.4 is 5.32 Å². The van der Waals surface area contributed by atoms with E-state index in [-0.39, 0.29) is 11.9 Å². The number of anilines is 1. The first-order valence-corrected chi connectivity index (χ1v) is 8.27. The molecule has 0 radical (unpaired) electrons. The summed E-state index contributed by atoms with van der Waals surface area (Å²) in [6, 6.07) is 8.94. The van der Waals surface area contributed by atoms with Gasteiger partial charge in [0.25, 0.3) is 0 Å². The molecule has 0 aliphatic heterocycles. The highest BCUT2D eigenvalue weighted by Crippen LogP contribution is 2.17. The maximum Gasteiger partial charge on any atom is 0.321 e. The number of urea groups is 1. The van der Waals surface area contributed by atoms with Crippen molar-refractivity contribution < 1.29 is 9.32 Å². The molecule has 9 nitrogen and oxygen atoms in total. The Labute approximate surface area is 151 Å². The number of nitrogens with one attached hydrogen (secondary N) is 1. The number of tetrazole rings is 1. The molecule has 3 rings (SSSR count). The molecule has 26 heavy (non-hydrogen) atoms. The molecule has 136 valence electrons. The van der Waals surface area contributed by atoms with Gasteiger partial charge in [0.1, 0.15) is 11.5 Å². The van der Waals surface area contributed by atoms with Crippen LogP contribution in [-0.4, -0.2) is 43.3 Å². The molecule has 2 amide bonds. The van der Waals surface area contributed by atoms with Crippen LogP contribution in [0.3, 0.4) is 0 Å². The zero-order valence-electron chi connectivity index (χ0n) is 15.2. The smallest absolute Gasteiger partial charge is 0.321 e. The van der Waals surface area contributed by atoms with E-state index < -0.39 is 0 Å². The Morgan fingerprint density at radius 3 is 2.81 bits per heavy atom. The first-order chi connectivity index (χ1) is 12.4. The maximum atomic E-state index is 12.4. The molecule has 1 aromatic carbocycles. The third-order valence-electron chi connectivity index (χ3n) is 3.86. The number of carbonyl (C=O) groups is 1. The van der Waals surface area contributed by atoms with Crippen LogP contribution in [0.2, 0.25) is 0 Å². The average molecular weight is 355 g/mol. The SMILES string of the molecule is Cc1nnnn1-c1cccc(NC(=O)N(C)Cc2cc(C(C)C)on2)c1. The average Bonchev–Trinajstić information content (AvgIpc) is 3.24. The first kappa shape index (κ1) is 17.6. The lowest BCUT2D eigenvalue weighted by molar-refractivity contribution is 0.219. The summed E-state index contributed by atoms with van der Waals surface area (Å²) < 4.78 is 6.86. The summed E-state index contributed by atoms with van der Waals surface area (Å²) in [7, 11) is 1.70. The number of hydrogen-bond donors (Lipinski definition) is 1. The van der Waals surface area contributed by atoms with Gasteiger partial charge >= 0.3 is 6.03 Å². The van der Waals surface area contributed by atoms with Crippen LogP contribution in [0.15, 0.2) is 34.9 Å². The Bertz CT molecular complexity index is 900. The van der Waals surface area contributed by atoms with E-state index in [1.165, 1.54) is 4.90 Å². The van der Waals surface area contributed by atoms with Gasteiger partial charge in [-0.1, -0.05) is 25.1 Å². The van der Waals surface area contributed by atoms with Crippen LogP contribution in [0.25, 0.3) is 5.69 Å². The predicted octanol–water partition coefficient (Wildman–Crippen LogP) is 2.75. The molecule has 0 fully saturated rings. The van der Waals surface area contributed by atoms with Crippen molar-refractivity contribution in [3.63, 3.8) is 0 Å². The van der Waals surface area contributed by atoms with Crippen molar-refractivity contribution in [3.8, 4) is 5.69 Å². The van der Waals surface area contributed by atoms with Gasteiger partial charge < -0.3 is 14.7 Å². The van der Waals surface area contributed by atoms with Gasteiger partial charge in [-0.15, -0.1) is 5.10 Å². The van der Waals surface area contributed by atoms with E-state index in [9.17, 15) is 4.79 Å². The van der Waals surface area contributed by atoms with Gasteiger partial charge in [0.15, 0.2) is 5.82 Å². The van der Waals surface area contributed by atoms with Crippen molar-refractivity contribution in [2.24, 2.45) is 0 Å². The molecule has 0 saturated carbocycles. The monoisotopic (exact) mass is 355 g/mol. The Morgan fingerprint density at radius 1 is 1.35 bits per heavy atom. The lowest BCUT2D eigenvalue weighted by Gasteiger charge is -2.17. The van der Waals surface area contributed by atoms with Gasteiger partial charge in [0.2, 0.25) is 0 Å². The summed E-state index contributed by atoms with van der Waals surface area (Å²) >= 11 is 0. The summed E-state index contributed by atoms with van der Waals surface area (Å²) in [6.07, 6.45) is 0. The lowest BCUT2D eigenvalue weighted by Crippen LogP contribution is -2.31. The number of rotatable bonds is 5. The lowest BCUT2D eigenvalue weighted by atomic mass is 10.1. The standard InChI is InChI=1S/C17H21N7O2/c1-11(2)16-9-14(20-26-16)10-23(4)17(25)18-13-6-5-7-15(8-13)24-12(3)19-21-22-24/h5-9,11H,10H2,1-4H3,(H,18,25). The molecule has 2 aromatic heterocycles. The zero-order chi connectivity index (χ0) is 18.7. The van der Waals surface area contributed by atoms with Crippen molar-refractivity contribution in [2.45, 2.75) is 33.2 Å². The minimum Gasteiger partial charge on any atom is -0.361 e. The first-order valence-electron chi connectivity index (χ1n) is 8.27. The molecular weight excluding hydrogens is 334 g/mol. The molecule has 9 heteroatoms. The van der Waals surface area contributed by atoms with Gasteiger partial charge in [0.05, 0.1) is 12.2 Å². The molecule has 0 spiro atoms. The van der Waals surface area contributed by atoms with Crippen molar-refractivity contribution in [2.75, 3.05) is 12.4 Å². The molecule has 0 aliphatic rings. The number of nitrogens with zero attached hydrogens (tertiary/aromatic N) is 6. The van der Waals surface area contributed by atoms with E-state index in [4.69, 9.17) is 4.52 Å². The fourth-order valence-electron chi connectivity index (χ4n) is 2.39. The highest BCUT2D eigenvalue weighted by atomic mass is 16.5. The van der Waals surface area contributed by atoms with Crippen LogP contribution in [-0.2, 0) is 6.54 Å². The van der Waals surface area contributed by atoms with Crippen LogP contribution in [0.5, 0.6) is 0 Å². The summed E-state index contributed by atoms with van der Waals surface area (Å²) in [5, 5.41) is 18.3. The molecule has 3 aromatic rings. The molecule has 0 unspecified atom stereocenters. The largest absolute Gasteiger partial charge is 0.361 e. The van der Waals surface area contributed by atoms with E-state index in [2.05, 4.69) is 26.0 Å². The summed E-state index contributed by atoms with van der Waals surface area (Å²) in [6.45, 7) is 6.22. The number of amides is 2. The summed E-state index contributed by atoms with van der Waals surface area (Å²) in [5.74, 6) is 1.73. The second-order valence-electron chi connectivity index (χ2n) is 6.35. The van der Waals surface area contributed by atoms with Gasteiger partial charge in [-0.3, -0.25) is 0 Å². The van der Waals surface area contributed by atoms with E-state index >= 15 is 0 Å². The van der Waals surface area contributed by atoms with Crippen molar-refractivity contribution in [1.82, 2.24) is 30.3 Å². The van der Waals surface area contributed by atoms with Gasteiger partial charge in [-0.25, -0.2) is 4.79 Å². The zero-order valence-corrected chi connectivity index (χ0v) is 15.2. The molecule has 2 heterocycles. The Hall–Kier alpha value is -3.23. The minimum absolute atomic E-state index is 0.246. The highest BCUT2D eigenvalue weighted by molar-refractivity contribution is 5.89. The number of hydrogen-bond acceptors (Lipinski definition) is 6. The number of aryl methyl sites for hydroxylation is 1. The van der Waals surface area contributed by atoms with Crippen molar-refractivity contribution in [1.29, 1.82) is 0 Å². The molecule has 0 bridgehead atoms. The number of aromatic nitrogens is 5. The molecule has 0 atom stereocenters. The van der Waals surface area contributed by atoms with E-state index in [0.29, 0.717) is 23.8 Å². The Balaban J connectivity index is 1.66. The third kappa shape index (κ3) is 3.88. The van der Waals surface area contributed by atoms with E-state index in [1.807, 2.05) is 51.1 Å². The van der Waals surface area contributed by atoms with Gasteiger partial charge in [-0.05, 0) is 35.5 Å². The molecular formula is C17H21N7O2. The van der Waals surface area contributed by atoms with Crippen molar-refractivity contribution >= 4 is 11.7 Å².